The van der Waals surface area contributed by atoms with Crippen LogP contribution in [0.2, 0.25) is 0 Å². The van der Waals surface area contributed by atoms with E-state index in [1.807, 2.05) is 72.8 Å². The third kappa shape index (κ3) is 7.73. The van der Waals surface area contributed by atoms with E-state index >= 15 is 0 Å². The number of benzene rings is 4. The maximum Gasteiger partial charge on any atom is 0.255 e. The topological polar surface area (TPSA) is 76.7 Å². The first-order chi connectivity index (χ1) is 19.6. The van der Waals surface area contributed by atoms with E-state index in [1.165, 1.54) is 0 Å². The number of carbonyl (C=O) groups excluding carboxylic acids is 2. The van der Waals surface area contributed by atoms with E-state index in [4.69, 9.17) is 9.47 Å². The maximum absolute atomic E-state index is 13.1. The quantitative estimate of drug-likeness (QED) is 0.169. The fourth-order valence-electron chi connectivity index (χ4n) is 4.12. The van der Waals surface area contributed by atoms with Gasteiger partial charge in [-0.25, -0.2) is 0 Å². The molecule has 4 rings (SSSR count). The molecule has 0 aliphatic rings. The lowest BCUT2D eigenvalue weighted by atomic mass is 10.0. The first kappa shape index (κ1) is 28.4. The van der Waals surface area contributed by atoms with Crippen molar-refractivity contribution in [2.75, 3.05) is 23.8 Å². The SMILES string of the molecule is CCCCOc1ccc(C(=O)Nc2ccccc2-c2ccccc2NC(=O)c2ccc(OCCCC)cc2)cc1. The molecule has 0 heterocycles. The average molecular weight is 537 g/mol. The van der Waals surface area contributed by atoms with E-state index in [2.05, 4.69) is 24.5 Å². The van der Waals surface area contributed by atoms with Crippen molar-refractivity contribution in [3.8, 4) is 22.6 Å². The predicted molar refractivity (Wildman–Crippen MR) is 161 cm³/mol. The highest BCUT2D eigenvalue weighted by molar-refractivity contribution is 6.09. The maximum atomic E-state index is 13.1. The lowest BCUT2D eigenvalue weighted by molar-refractivity contribution is 0.101. The van der Waals surface area contributed by atoms with Gasteiger partial charge in [-0.15, -0.1) is 0 Å². The van der Waals surface area contributed by atoms with Gasteiger partial charge in [0.15, 0.2) is 0 Å². The van der Waals surface area contributed by atoms with Gasteiger partial charge in [0.05, 0.1) is 13.2 Å². The van der Waals surface area contributed by atoms with Gasteiger partial charge in [-0.2, -0.15) is 0 Å². The third-order valence-electron chi connectivity index (χ3n) is 6.41. The number of hydrogen-bond acceptors (Lipinski definition) is 4. The zero-order chi connectivity index (χ0) is 28.2. The molecule has 0 saturated carbocycles. The molecule has 206 valence electrons. The van der Waals surface area contributed by atoms with Crippen molar-refractivity contribution in [1.82, 2.24) is 0 Å². The molecule has 2 N–H and O–H groups in total. The Morgan fingerprint density at radius 3 is 1.30 bits per heavy atom. The zero-order valence-corrected chi connectivity index (χ0v) is 23.1. The van der Waals surface area contributed by atoms with Gasteiger partial charge < -0.3 is 20.1 Å². The molecule has 0 fully saturated rings. The number of amides is 2. The largest absolute Gasteiger partial charge is 0.494 e. The summed E-state index contributed by atoms with van der Waals surface area (Å²) in [6.07, 6.45) is 4.10. The van der Waals surface area contributed by atoms with Crippen LogP contribution in [0, 0.1) is 0 Å². The van der Waals surface area contributed by atoms with Crippen molar-refractivity contribution in [3.05, 3.63) is 108 Å². The van der Waals surface area contributed by atoms with Crippen molar-refractivity contribution in [2.45, 2.75) is 39.5 Å². The molecule has 0 aromatic heterocycles. The first-order valence-electron chi connectivity index (χ1n) is 13.9. The molecule has 4 aromatic carbocycles. The van der Waals surface area contributed by atoms with Crippen LogP contribution < -0.4 is 20.1 Å². The van der Waals surface area contributed by atoms with E-state index in [9.17, 15) is 9.59 Å². The molecule has 0 aliphatic heterocycles. The summed E-state index contributed by atoms with van der Waals surface area (Å²) < 4.78 is 11.4. The van der Waals surface area contributed by atoms with Crippen LogP contribution in [0.25, 0.3) is 11.1 Å². The fraction of sp³-hybridized carbons (Fsp3) is 0.235. The van der Waals surface area contributed by atoms with Gasteiger partial charge in [-0.05, 0) is 73.5 Å². The second-order valence-corrected chi connectivity index (χ2v) is 9.45. The minimum absolute atomic E-state index is 0.227. The van der Waals surface area contributed by atoms with Gasteiger partial charge >= 0.3 is 0 Å². The molecule has 0 atom stereocenters. The van der Waals surface area contributed by atoms with Crippen molar-refractivity contribution in [3.63, 3.8) is 0 Å². The smallest absolute Gasteiger partial charge is 0.255 e. The standard InChI is InChI=1S/C34H36N2O4/c1-3-5-23-39-27-19-15-25(16-20-27)33(37)35-31-13-9-7-11-29(31)30-12-8-10-14-32(30)36-34(38)26-17-21-28(22-18-26)40-24-6-4-2/h7-22H,3-6,23-24H2,1-2H3,(H,35,37)(H,36,38). The number of anilines is 2. The second-order valence-electron chi connectivity index (χ2n) is 9.45. The van der Waals surface area contributed by atoms with E-state index in [0.29, 0.717) is 35.7 Å². The summed E-state index contributed by atoms with van der Waals surface area (Å²) in [6, 6.07) is 29.4. The molecule has 2 amide bonds. The molecule has 4 aromatic rings. The number of nitrogens with one attached hydrogen (secondary N) is 2. The minimum Gasteiger partial charge on any atom is -0.494 e. The Bertz CT molecular complexity index is 1290. The lowest BCUT2D eigenvalue weighted by Crippen LogP contribution is -2.14. The van der Waals surface area contributed by atoms with Crippen molar-refractivity contribution >= 4 is 23.2 Å². The van der Waals surface area contributed by atoms with Crippen LogP contribution in [0.15, 0.2) is 97.1 Å². The molecule has 0 spiro atoms. The van der Waals surface area contributed by atoms with E-state index in [1.54, 1.807) is 24.3 Å². The summed E-state index contributed by atoms with van der Waals surface area (Å²) in [5.74, 6) is 1.04. The van der Waals surface area contributed by atoms with Crippen molar-refractivity contribution in [2.24, 2.45) is 0 Å². The Morgan fingerprint density at radius 1 is 0.550 bits per heavy atom. The summed E-state index contributed by atoms with van der Waals surface area (Å²) in [5, 5.41) is 6.06. The molecule has 0 bridgehead atoms. The minimum atomic E-state index is -0.227. The van der Waals surface area contributed by atoms with Crippen LogP contribution in [0.4, 0.5) is 11.4 Å². The Morgan fingerprint density at radius 2 is 0.925 bits per heavy atom. The summed E-state index contributed by atoms with van der Waals surface area (Å²) >= 11 is 0. The van der Waals surface area contributed by atoms with Gasteiger partial charge in [0, 0.05) is 33.6 Å². The van der Waals surface area contributed by atoms with Gasteiger partial charge in [-0.1, -0.05) is 63.1 Å². The van der Waals surface area contributed by atoms with Crippen LogP contribution in [0.3, 0.4) is 0 Å². The van der Waals surface area contributed by atoms with Crippen LogP contribution >= 0.6 is 0 Å². The Balaban J connectivity index is 1.48. The Kier molecular flexibility index (Phi) is 10.3. The highest BCUT2D eigenvalue weighted by Crippen LogP contribution is 2.34. The molecular formula is C34H36N2O4. The molecule has 0 saturated heterocycles. The van der Waals surface area contributed by atoms with E-state index in [0.717, 1.165) is 48.3 Å². The summed E-state index contributed by atoms with van der Waals surface area (Å²) in [5.41, 5.74) is 3.94. The van der Waals surface area contributed by atoms with E-state index in [-0.39, 0.29) is 11.8 Å². The number of ether oxygens (including phenoxy) is 2. The van der Waals surface area contributed by atoms with E-state index < -0.39 is 0 Å². The van der Waals surface area contributed by atoms with Gasteiger partial charge in [-0.3, -0.25) is 9.59 Å². The molecule has 0 radical (unpaired) electrons. The molecule has 6 nitrogen and oxygen atoms in total. The lowest BCUT2D eigenvalue weighted by Gasteiger charge is -2.16. The Hall–Kier alpha value is -4.58. The molecule has 6 heteroatoms. The van der Waals surface area contributed by atoms with Crippen LogP contribution in [0.1, 0.15) is 60.2 Å². The third-order valence-corrected chi connectivity index (χ3v) is 6.41. The first-order valence-corrected chi connectivity index (χ1v) is 13.9. The highest BCUT2D eigenvalue weighted by atomic mass is 16.5. The second kappa shape index (κ2) is 14.5. The number of rotatable bonds is 13. The highest BCUT2D eigenvalue weighted by Gasteiger charge is 2.15. The number of carbonyl (C=O) groups is 2. The van der Waals surface area contributed by atoms with Gasteiger partial charge in [0.25, 0.3) is 11.8 Å². The van der Waals surface area contributed by atoms with Crippen LogP contribution in [0.5, 0.6) is 11.5 Å². The Labute approximate surface area is 236 Å². The normalized spacial score (nSPS) is 10.6. The zero-order valence-electron chi connectivity index (χ0n) is 23.1. The average Bonchev–Trinajstić information content (AvgIpc) is 2.99. The molecular weight excluding hydrogens is 500 g/mol. The molecule has 40 heavy (non-hydrogen) atoms. The summed E-state index contributed by atoms with van der Waals surface area (Å²) in [4.78, 5) is 26.2. The van der Waals surface area contributed by atoms with Crippen LogP contribution in [-0.4, -0.2) is 25.0 Å². The van der Waals surface area contributed by atoms with Gasteiger partial charge in [0.1, 0.15) is 11.5 Å². The predicted octanol–water partition coefficient (Wildman–Crippen LogP) is 8.22. The fourth-order valence-corrected chi connectivity index (χ4v) is 4.12. The monoisotopic (exact) mass is 536 g/mol. The van der Waals surface area contributed by atoms with Crippen molar-refractivity contribution < 1.29 is 19.1 Å². The van der Waals surface area contributed by atoms with Crippen LogP contribution in [-0.2, 0) is 0 Å². The number of para-hydroxylation sites is 2. The van der Waals surface area contributed by atoms with Crippen molar-refractivity contribution in [1.29, 1.82) is 0 Å². The summed E-state index contributed by atoms with van der Waals surface area (Å²) in [6.45, 7) is 5.54. The summed E-state index contributed by atoms with van der Waals surface area (Å²) in [7, 11) is 0. The number of hydrogen-bond donors (Lipinski definition) is 2. The number of unbranched alkanes of at least 4 members (excludes halogenated alkanes) is 2. The molecule has 0 unspecified atom stereocenters. The molecule has 0 aliphatic carbocycles. The van der Waals surface area contributed by atoms with Gasteiger partial charge in [0.2, 0.25) is 0 Å².